The number of sulfonamides is 1. The standard InChI is InChI=1S/C18H21ClN2O4S/c1-12(2)11-20-16-9-4-13(18(22)25-3)10-17(16)26(23,24)21-15-7-5-14(19)6-8-15/h4-10,12,20-21H,11H2,1-3H3. The van der Waals surface area contributed by atoms with Crippen molar-refractivity contribution in [2.75, 3.05) is 23.7 Å². The van der Waals surface area contributed by atoms with Gasteiger partial charge < -0.3 is 10.1 Å². The number of carbonyl (C=O) groups excluding carboxylic acids is 1. The van der Waals surface area contributed by atoms with Crippen molar-refractivity contribution >= 4 is 39.0 Å². The number of ether oxygens (including phenoxy) is 1. The van der Waals surface area contributed by atoms with Crippen molar-refractivity contribution < 1.29 is 17.9 Å². The van der Waals surface area contributed by atoms with E-state index in [1.54, 1.807) is 30.3 Å². The summed E-state index contributed by atoms with van der Waals surface area (Å²) in [6, 6.07) is 10.7. The van der Waals surface area contributed by atoms with Crippen molar-refractivity contribution in [3.8, 4) is 0 Å². The van der Waals surface area contributed by atoms with Crippen molar-refractivity contribution in [3.05, 3.63) is 53.1 Å². The highest BCUT2D eigenvalue weighted by molar-refractivity contribution is 7.92. The third kappa shape index (κ3) is 5.12. The van der Waals surface area contributed by atoms with Gasteiger partial charge >= 0.3 is 5.97 Å². The molecule has 0 fully saturated rings. The minimum absolute atomic E-state index is 0.0315. The molecule has 0 amide bonds. The molecule has 0 aromatic heterocycles. The monoisotopic (exact) mass is 396 g/mol. The predicted molar refractivity (Wildman–Crippen MR) is 103 cm³/mol. The van der Waals surface area contributed by atoms with Gasteiger partial charge in [-0.2, -0.15) is 0 Å². The van der Waals surface area contributed by atoms with Crippen LogP contribution in [0.5, 0.6) is 0 Å². The summed E-state index contributed by atoms with van der Waals surface area (Å²) in [6.07, 6.45) is 0. The Kier molecular flexibility index (Phi) is 6.50. The van der Waals surface area contributed by atoms with E-state index in [-0.39, 0.29) is 10.5 Å². The third-order valence-corrected chi connectivity index (χ3v) is 5.16. The average molecular weight is 397 g/mol. The molecule has 0 atom stereocenters. The topological polar surface area (TPSA) is 84.5 Å². The molecule has 0 heterocycles. The number of anilines is 2. The Morgan fingerprint density at radius 1 is 1.15 bits per heavy atom. The van der Waals surface area contributed by atoms with Gasteiger partial charge in [0, 0.05) is 17.3 Å². The van der Waals surface area contributed by atoms with Crippen LogP contribution in [0.4, 0.5) is 11.4 Å². The normalized spacial score (nSPS) is 11.3. The van der Waals surface area contributed by atoms with Gasteiger partial charge in [-0.3, -0.25) is 4.72 Å². The van der Waals surface area contributed by atoms with Gasteiger partial charge in [0.05, 0.1) is 18.4 Å². The molecule has 2 rings (SSSR count). The lowest BCUT2D eigenvalue weighted by Crippen LogP contribution is -2.18. The van der Waals surface area contributed by atoms with E-state index in [9.17, 15) is 13.2 Å². The second-order valence-corrected chi connectivity index (χ2v) is 8.18. The number of halogens is 1. The highest BCUT2D eigenvalue weighted by atomic mass is 35.5. The molecule has 2 N–H and O–H groups in total. The average Bonchev–Trinajstić information content (AvgIpc) is 2.60. The summed E-state index contributed by atoms with van der Waals surface area (Å²) >= 11 is 5.83. The Labute approximate surface area is 158 Å². The molecule has 0 aliphatic rings. The summed E-state index contributed by atoms with van der Waals surface area (Å²) in [5.74, 6) is -0.293. The maximum atomic E-state index is 12.9. The molecule has 6 nitrogen and oxygen atoms in total. The molecule has 0 bridgehead atoms. The number of nitrogens with one attached hydrogen (secondary N) is 2. The Hall–Kier alpha value is -2.25. The van der Waals surface area contributed by atoms with E-state index < -0.39 is 16.0 Å². The van der Waals surface area contributed by atoms with Gasteiger partial charge in [-0.15, -0.1) is 0 Å². The molecule has 0 saturated carbocycles. The SMILES string of the molecule is COC(=O)c1ccc(NCC(C)C)c(S(=O)(=O)Nc2ccc(Cl)cc2)c1. The number of rotatable bonds is 7. The number of methoxy groups -OCH3 is 1. The molecule has 0 spiro atoms. The van der Waals surface area contributed by atoms with E-state index in [2.05, 4.69) is 14.8 Å². The van der Waals surface area contributed by atoms with Crippen LogP contribution in [-0.2, 0) is 14.8 Å². The minimum Gasteiger partial charge on any atom is -0.465 e. The van der Waals surface area contributed by atoms with E-state index in [0.717, 1.165) is 0 Å². The van der Waals surface area contributed by atoms with Crippen molar-refractivity contribution in [1.82, 2.24) is 0 Å². The molecule has 0 radical (unpaired) electrons. The quantitative estimate of drug-likeness (QED) is 0.691. The molecule has 26 heavy (non-hydrogen) atoms. The van der Waals surface area contributed by atoms with Gasteiger partial charge in [0.25, 0.3) is 10.0 Å². The zero-order chi connectivity index (χ0) is 19.3. The second-order valence-electron chi connectivity index (χ2n) is 6.09. The Balaban J connectivity index is 2.44. The molecule has 2 aromatic carbocycles. The first-order chi connectivity index (χ1) is 12.2. The second kappa shape index (κ2) is 8.42. The van der Waals surface area contributed by atoms with Crippen LogP contribution in [0.25, 0.3) is 0 Å². The third-order valence-electron chi connectivity index (χ3n) is 3.49. The van der Waals surface area contributed by atoms with Crippen molar-refractivity contribution in [2.24, 2.45) is 5.92 Å². The highest BCUT2D eigenvalue weighted by Crippen LogP contribution is 2.26. The Morgan fingerprint density at radius 2 is 1.81 bits per heavy atom. The van der Waals surface area contributed by atoms with Crippen LogP contribution in [0.15, 0.2) is 47.4 Å². The van der Waals surface area contributed by atoms with Crippen molar-refractivity contribution in [1.29, 1.82) is 0 Å². The highest BCUT2D eigenvalue weighted by Gasteiger charge is 2.21. The van der Waals surface area contributed by atoms with Gasteiger partial charge in [-0.25, -0.2) is 13.2 Å². The van der Waals surface area contributed by atoms with Crippen LogP contribution in [0, 0.1) is 5.92 Å². The molecule has 0 aliphatic heterocycles. The van der Waals surface area contributed by atoms with Crippen molar-refractivity contribution in [3.63, 3.8) is 0 Å². The number of hydrogen-bond acceptors (Lipinski definition) is 5. The molecule has 0 unspecified atom stereocenters. The molecule has 8 heteroatoms. The van der Waals surface area contributed by atoms with E-state index in [0.29, 0.717) is 28.9 Å². The largest absolute Gasteiger partial charge is 0.465 e. The molecule has 140 valence electrons. The summed E-state index contributed by atoms with van der Waals surface area (Å²) in [5.41, 5.74) is 0.930. The number of hydrogen-bond donors (Lipinski definition) is 2. The smallest absolute Gasteiger partial charge is 0.337 e. The fourth-order valence-electron chi connectivity index (χ4n) is 2.18. The van der Waals surface area contributed by atoms with Gasteiger partial charge in [0.1, 0.15) is 4.90 Å². The molecule has 2 aromatic rings. The Bertz CT molecular complexity index is 881. The maximum absolute atomic E-state index is 12.9. The van der Waals surface area contributed by atoms with Crippen molar-refractivity contribution in [2.45, 2.75) is 18.7 Å². The zero-order valence-corrected chi connectivity index (χ0v) is 16.3. The molecule has 0 aliphatic carbocycles. The van der Waals surface area contributed by atoms with Crippen LogP contribution in [0.3, 0.4) is 0 Å². The van der Waals surface area contributed by atoms with Crippen LogP contribution in [-0.4, -0.2) is 28.0 Å². The lowest BCUT2D eigenvalue weighted by Gasteiger charge is -2.16. The predicted octanol–water partition coefficient (Wildman–Crippen LogP) is 4.00. The first-order valence-electron chi connectivity index (χ1n) is 7.97. The summed E-state index contributed by atoms with van der Waals surface area (Å²) in [7, 11) is -2.69. The van der Waals surface area contributed by atoms with E-state index in [1.165, 1.54) is 19.2 Å². The fourth-order valence-corrected chi connectivity index (χ4v) is 3.57. The van der Waals surface area contributed by atoms with E-state index in [1.807, 2.05) is 13.8 Å². The van der Waals surface area contributed by atoms with Gasteiger partial charge in [0.15, 0.2) is 0 Å². The summed E-state index contributed by atoms with van der Waals surface area (Å²) in [5, 5.41) is 3.61. The fraction of sp³-hybridized carbons (Fsp3) is 0.278. The maximum Gasteiger partial charge on any atom is 0.337 e. The summed E-state index contributed by atoms with van der Waals surface area (Å²) < 4.78 is 32.9. The summed E-state index contributed by atoms with van der Waals surface area (Å²) in [6.45, 7) is 4.60. The van der Waals surface area contributed by atoms with Gasteiger partial charge in [0.2, 0.25) is 0 Å². The van der Waals surface area contributed by atoms with Crippen LogP contribution >= 0.6 is 11.6 Å². The number of esters is 1. The Morgan fingerprint density at radius 3 is 2.38 bits per heavy atom. The minimum atomic E-state index is -3.93. The lowest BCUT2D eigenvalue weighted by molar-refractivity contribution is 0.0600. The molecular weight excluding hydrogens is 376 g/mol. The molecule has 0 saturated heterocycles. The number of benzene rings is 2. The lowest BCUT2D eigenvalue weighted by atomic mass is 10.2. The molecular formula is C18H21ClN2O4S. The zero-order valence-electron chi connectivity index (χ0n) is 14.7. The van der Waals surface area contributed by atoms with Gasteiger partial charge in [-0.1, -0.05) is 25.4 Å². The summed E-state index contributed by atoms with van der Waals surface area (Å²) in [4.78, 5) is 11.8. The van der Waals surface area contributed by atoms with Crippen LogP contribution < -0.4 is 10.0 Å². The van der Waals surface area contributed by atoms with E-state index >= 15 is 0 Å². The van der Waals surface area contributed by atoms with E-state index in [4.69, 9.17) is 11.6 Å². The number of carbonyl (C=O) groups is 1. The van der Waals surface area contributed by atoms with Crippen LogP contribution in [0.2, 0.25) is 5.02 Å². The first-order valence-corrected chi connectivity index (χ1v) is 9.83. The first kappa shape index (κ1) is 20.1. The van der Waals surface area contributed by atoms with Gasteiger partial charge in [-0.05, 0) is 48.4 Å². The van der Waals surface area contributed by atoms with Crippen LogP contribution in [0.1, 0.15) is 24.2 Å².